The summed E-state index contributed by atoms with van der Waals surface area (Å²) in [6, 6.07) is 5.07. The van der Waals surface area contributed by atoms with Crippen LogP contribution in [0.3, 0.4) is 0 Å². The SMILES string of the molecule is O=C(O)c1ccc(NOS(=O)(=O)O)cc1. The van der Waals surface area contributed by atoms with Gasteiger partial charge in [0.25, 0.3) is 0 Å². The Morgan fingerprint density at radius 3 is 2.20 bits per heavy atom. The maximum Gasteiger partial charge on any atom is 0.418 e. The molecule has 0 heterocycles. The maximum atomic E-state index is 10.4. The first-order valence-electron chi connectivity index (χ1n) is 3.64. The van der Waals surface area contributed by atoms with Crippen LogP contribution in [0.2, 0.25) is 0 Å². The molecule has 0 aromatic heterocycles. The van der Waals surface area contributed by atoms with Crippen molar-refractivity contribution in [2.45, 2.75) is 0 Å². The average Bonchev–Trinajstić information content (AvgIpc) is 2.14. The van der Waals surface area contributed by atoms with Gasteiger partial charge in [0, 0.05) is 0 Å². The number of aromatic carboxylic acids is 1. The van der Waals surface area contributed by atoms with Gasteiger partial charge < -0.3 is 5.11 Å². The number of nitrogens with one attached hydrogen (secondary N) is 1. The van der Waals surface area contributed by atoms with Crippen molar-refractivity contribution in [3.63, 3.8) is 0 Å². The minimum Gasteiger partial charge on any atom is -0.478 e. The topological polar surface area (TPSA) is 113 Å². The zero-order valence-corrected chi connectivity index (χ0v) is 8.06. The summed E-state index contributed by atoms with van der Waals surface area (Å²) in [6.45, 7) is 0. The fourth-order valence-corrected chi connectivity index (χ4v) is 0.983. The van der Waals surface area contributed by atoms with E-state index in [1.165, 1.54) is 24.3 Å². The predicted octanol–water partition coefficient (Wildman–Crippen LogP) is 0.531. The Morgan fingerprint density at radius 1 is 1.27 bits per heavy atom. The summed E-state index contributed by atoms with van der Waals surface area (Å²) in [5.41, 5.74) is 2.16. The highest BCUT2D eigenvalue weighted by molar-refractivity contribution is 7.80. The summed E-state index contributed by atoms with van der Waals surface area (Å²) in [7, 11) is -4.58. The van der Waals surface area contributed by atoms with E-state index in [2.05, 4.69) is 4.28 Å². The normalized spacial score (nSPS) is 11.0. The summed E-state index contributed by atoms with van der Waals surface area (Å²) in [4.78, 5) is 10.4. The van der Waals surface area contributed by atoms with Gasteiger partial charge in [-0.2, -0.15) is 8.42 Å². The van der Waals surface area contributed by atoms with Crippen molar-refractivity contribution in [3.8, 4) is 0 Å². The third-order valence-corrected chi connectivity index (χ3v) is 1.69. The summed E-state index contributed by atoms with van der Waals surface area (Å²) < 4.78 is 32.4. The van der Waals surface area contributed by atoms with Crippen molar-refractivity contribution in [3.05, 3.63) is 29.8 Å². The van der Waals surface area contributed by atoms with Crippen LogP contribution in [-0.2, 0) is 14.7 Å². The van der Waals surface area contributed by atoms with E-state index in [1.54, 1.807) is 0 Å². The van der Waals surface area contributed by atoms with E-state index in [1.807, 2.05) is 5.48 Å². The third kappa shape index (κ3) is 3.94. The molecule has 7 nitrogen and oxygen atoms in total. The Kier molecular flexibility index (Phi) is 3.24. The van der Waals surface area contributed by atoms with Crippen molar-refractivity contribution in [2.75, 3.05) is 5.48 Å². The standard InChI is InChI=1S/C7H7NO6S/c9-7(10)5-1-3-6(4-2-5)8-14-15(11,12)13/h1-4,8H,(H,9,10)(H,11,12,13). The Bertz CT molecular complexity index is 451. The summed E-state index contributed by atoms with van der Waals surface area (Å²) in [5, 5.41) is 8.55. The third-order valence-electron chi connectivity index (χ3n) is 1.40. The zero-order chi connectivity index (χ0) is 11.5. The first-order valence-corrected chi connectivity index (χ1v) is 5.00. The first-order chi connectivity index (χ1) is 6.88. The van der Waals surface area contributed by atoms with Crippen LogP contribution in [0.25, 0.3) is 0 Å². The molecule has 1 rings (SSSR count). The monoisotopic (exact) mass is 233 g/mol. The molecule has 0 fully saturated rings. The van der Waals surface area contributed by atoms with Crippen LogP contribution in [0.15, 0.2) is 24.3 Å². The van der Waals surface area contributed by atoms with Crippen LogP contribution in [0, 0.1) is 0 Å². The van der Waals surface area contributed by atoms with Crippen LogP contribution < -0.4 is 5.48 Å². The molecule has 82 valence electrons. The molecule has 0 aliphatic heterocycles. The molecule has 0 radical (unpaired) electrons. The van der Waals surface area contributed by atoms with Gasteiger partial charge in [-0.15, -0.1) is 4.28 Å². The number of anilines is 1. The molecule has 0 aliphatic rings. The van der Waals surface area contributed by atoms with E-state index in [0.29, 0.717) is 0 Å². The average molecular weight is 233 g/mol. The van der Waals surface area contributed by atoms with Gasteiger partial charge in [-0.3, -0.25) is 4.55 Å². The van der Waals surface area contributed by atoms with Gasteiger partial charge in [-0.1, -0.05) is 0 Å². The van der Waals surface area contributed by atoms with Gasteiger partial charge in [-0.05, 0) is 24.3 Å². The number of hydrogen-bond donors (Lipinski definition) is 3. The van der Waals surface area contributed by atoms with Crippen LogP contribution in [0.5, 0.6) is 0 Å². The summed E-state index contributed by atoms with van der Waals surface area (Å²) in [6.07, 6.45) is 0. The number of carbonyl (C=O) groups is 1. The molecule has 8 heteroatoms. The quantitative estimate of drug-likeness (QED) is 0.513. The van der Waals surface area contributed by atoms with Crippen molar-refractivity contribution >= 4 is 22.1 Å². The number of benzene rings is 1. The Morgan fingerprint density at radius 2 is 1.80 bits per heavy atom. The summed E-state index contributed by atoms with van der Waals surface area (Å²) in [5.74, 6) is -1.10. The second kappa shape index (κ2) is 4.26. The fraction of sp³-hybridized carbons (Fsp3) is 0. The molecule has 15 heavy (non-hydrogen) atoms. The second-order valence-corrected chi connectivity index (χ2v) is 3.52. The van der Waals surface area contributed by atoms with Gasteiger partial charge in [0.2, 0.25) is 0 Å². The Balaban J connectivity index is 2.69. The second-order valence-electron chi connectivity index (χ2n) is 2.50. The molecule has 1 aromatic carbocycles. The fourth-order valence-electron chi connectivity index (χ4n) is 0.782. The molecule has 0 saturated carbocycles. The highest BCUT2D eigenvalue weighted by Crippen LogP contribution is 2.09. The predicted molar refractivity (Wildman–Crippen MR) is 49.7 cm³/mol. The van der Waals surface area contributed by atoms with Crippen molar-refractivity contribution < 1.29 is 27.2 Å². The highest BCUT2D eigenvalue weighted by Gasteiger charge is 2.05. The van der Waals surface area contributed by atoms with Gasteiger partial charge in [0.05, 0.1) is 11.3 Å². The Labute approximate surface area is 85.2 Å². The van der Waals surface area contributed by atoms with Crippen molar-refractivity contribution in [2.24, 2.45) is 0 Å². The van der Waals surface area contributed by atoms with Crippen LogP contribution in [0.1, 0.15) is 10.4 Å². The van der Waals surface area contributed by atoms with Crippen molar-refractivity contribution in [1.82, 2.24) is 0 Å². The van der Waals surface area contributed by atoms with E-state index >= 15 is 0 Å². The molecule has 0 aliphatic carbocycles. The number of carboxylic acid groups (broad SMARTS) is 1. The minimum atomic E-state index is -4.58. The largest absolute Gasteiger partial charge is 0.478 e. The van der Waals surface area contributed by atoms with E-state index in [-0.39, 0.29) is 11.3 Å². The van der Waals surface area contributed by atoms with E-state index < -0.39 is 16.4 Å². The molecule has 3 N–H and O–H groups in total. The molecular formula is C7H7NO6S. The Hall–Kier alpha value is -1.64. The van der Waals surface area contributed by atoms with Gasteiger partial charge in [0.15, 0.2) is 0 Å². The van der Waals surface area contributed by atoms with Crippen LogP contribution >= 0.6 is 0 Å². The lowest BCUT2D eigenvalue weighted by molar-refractivity contribution is 0.0697. The smallest absolute Gasteiger partial charge is 0.418 e. The first kappa shape index (κ1) is 11.4. The van der Waals surface area contributed by atoms with E-state index in [4.69, 9.17) is 9.66 Å². The lowest BCUT2D eigenvalue weighted by Gasteiger charge is -2.03. The van der Waals surface area contributed by atoms with Crippen LogP contribution in [-0.4, -0.2) is 24.0 Å². The number of carboxylic acids is 1. The number of hydrogen-bond acceptors (Lipinski definition) is 5. The van der Waals surface area contributed by atoms with E-state index in [0.717, 1.165) is 0 Å². The molecule has 0 saturated heterocycles. The minimum absolute atomic E-state index is 0.0485. The molecule has 0 spiro atoms. The highest BCUT2D eigenvalue weighted by atomic mass is 32.3. The van der Waals surface area contributed by atoms with Crippen LogP contribution in [0.4, 0.5) is 5.69 Å². The molecule has 0 atom stereocenters. The number of rotatable bonds is 4. The molecular weight excluding hydrogens is 226 g/mol. The molecule has 0 unspecified atom stereocenters. The molecule has 0 bridgehead atoms. The lowest BCUT2D eigenvalue weighted by Crippen LogP contribution is -2.09. The molecule has 1 aromatic rings. The van der Waals surface area contributed by atoms with Crippen molar-refractivity contribution in [1.29, 1.82) is 0 Å². The molecule has 0 amide bonds. The van der Waals surface area contributed by atoms with Gasteiger partial charge in [0.1, 0.15) is 0 Å². The van der Waals surface area contributed by atoms with E-state index in [9.17, 15) is 13.2 Å². The maximum absolute atomic E-state index is 10.4. The van der Waals surface area contributed by atoms with Gasteiger partial charge in [-0.25, -0.2) is 10.3 Å². The summed E-state index contributed by atoms with van der Waals surface area (Å²) >= 11 is 0. The lowest BCUT2D eigenvalue weighted by atomic mass is 10.2. The zero-order valence-electron chi connectivity index (χ0n) is 7.25. The van der Waals surface area contributed by atoms with Gasteiger partial charge >= 0.3 is 16.4 Å².